The third-order valence-electron chi connectivity index (χ3n) is 2.51. The van der Waals surface area contributed by atoms with E-state index in [4.69, 9.17) is 17.3 Å². The molecule has 0 aliphatic rings. The molecule has 0 fully saturated rings. The minimum absolute atomic E-state index is 0.174. The molecule has 2 aromatic heterocycles. The second-order valence-corrected chi connectivity index (χ2v) is 4.49. The molecule has 6 heteroatoms. The fraction of sp³-hybridized carbons (Fsp3) is 0.364. The standard InChI is InChI=1S/C11H14ClN5/c1-6(2)8-4-5-17(16-8)10-9(13)7(3)14-11(12)15-10/h4-6H,13H2,1-3H3. The van der Waals surface area contributed by atoms with Crippen molar-refractivity contribution in [3.05, 3.63) is 28.9 Å². The van der Waals surface area contributed by atoms with Crippen molar-refractivity contribution in [2.24, 2.45) is 0 Å². The van der Waals surface area contributed by atoms with Crippen LogP contribution in [0.3, 0.4) is 0 Å². The minimum atomic E-state index is 0.174. The molecule has 2 N–H and O–H groups in total. The Morgan fingerprint density at radius 2 is 2.06 bits per heavy atom. The van der Waals surface area contributed by atoms with Crippen molar-refractivity contribution in [3.63, 3.8) is 0 Å². The Morgan fingerprint density at radius 3 is 2.65 bits per heavy atom. The summed E-state index contributed by atoms with van der Waals surface area (Å²) in [6, 6.07) is 1.94. The van der Waals surface area contributed by atoms with E-state index in [1.165, 1.54) is 0 Å². The van der Waals surface area contributed by atoms with Crippen LogP contribution in [-0.2, 0) is 0 Å². The van der Waals surface area contributed by atoms with Gasteiger partial charge in [-0.05, 0) is 30.5 Å². The van der Waals surface area contributed by atoms with E-state index in [1.807, 2.05) is 12.3 Å². The zero-order valence-corrected chi connectivity index (χ0v) is 10.7. The highest BCUT2D eigenvalue weighted by atomic mass is 35.5. The molecule has 0 amide bonds. The highest BCUT2D eigenvalue weighted by molar-refractivity contribution is 6.28. The summed E-state index contributed by atoms with van der Waals surface area (Å²) in [6.45, 7) is 5.95. The van der Waals surface area contributed by atoms with Gasteiger partial charge >= 0.3 is 0 Å². The van der Waals surface area contributed by atoms with E-state index in [0.29, 0.717) is 23.1 Å². The molecular weight excluding hydrogens is 238 g/mol. The summed E-state index contributed by atoms with van der Waals surface area (Å²) in [6.07, 6.45) is 1.82. The smallest absolute Gasteiger partial charge is 0.224 e. The Kier molecular flexibility index (Phi) is 3.02. The summed E-state index contributed by atoms with van der Waals surface area (Å²) in [5.41, 5.74) is 8.06. The van der Waals surface area contributed by atoms with Gasteiger partial charge in [0.25, 0.3) is 0 Å². The zero-order chi connectivity index (χ0) is 12.6. The van der Waals surface area contributed by atoms with Crippen molar-refractivity contribution < 1.29 is 0 Å². The van der Waals surface area contributed by atoms with Crippen LogP contribution in [0.2, 0.25) is 5.28 Å². The molecule has 5 nitrogen and oxygen atoms in total. The average molecular weight is 252 g/mol. The Morgan fingerprint density at radius 1 is 1.35 bits per heavy atom. The SMILES string of the molecule is Cc1nc(Cl)nc(-n2ccc(C(C)C)n2)c1N. The molecular formula is C11H14ClN5. The third-order valence-corrected chi connectivity index (χ3v) is 2.68. The first-order chi connectivity index (χ1) is 7.99. The van der Waals surface area contributed by atoms with Crippen molar-refractivity contribution in [1.29, 1.82) is 0 Å². The fourth-order valence-electron chi connectivity index (χ4n) is 1.47. The molecule has 0 atom stereocenters. The van der Waals surface area contributed by atoms with E-state index in [2.05, 4.69) is 28.9 Å². The maximum atomic E-state index is 5.92. The van der Waals surface area contributed by atoms with Gasteiger partial charge < -0.3 is 5.73 Å². The lowest BCUT2D eigenvalue weighted by atomic mass is 10.1. The minimum Gasteiger partial charge on any atom is -0.394 e. The van der Waals surface area contributed by atoms with Gasteiger partial charge in [0.15, 0.2) is 5.82 Å². The lowest BCUT2D eigenvalue weighted by Crippen LogP contribution is -2.07. The van der Waals surface area contributed by atoms with Crippen LogP contribution >= 0.6 is 11.6 Å². The first-order valence-electron chi connectivity index (χ1n) is 5.34. The predicted octanol–water partition coefficient (Wildman–Crippen LogP) is 2.33. The summed E-state index contributed by atoms with van der Waals surface area (Å²) in [5, 5.41) is 4.59. The van der Waals surface area contributed by atoms with Crippen LogP contribution in [0.15, 0.2) is 12.3 Å². The second-order valence-electron chi connectivity index (χ2n) is 4.16. The monoisotopic (exact) mass is 251 g/mol. The Hall–Kier alpha value is -1.62. The lowest BCUT2D eigenvalue weighted by molar-refractivity contribution is 0.756. The second kappa shape index (κ2) is 4.33. The molecule has 90 valence electrons. The van der Waals surface area contributed by atoms with Crippen LogP contribution in [0.5, 0.6) is 0 Å². The van der Waals surface area contributed by atoms with Crippen LogP contribution in [0.1, 0.15) is 31.2 Å². The molecule has 0 unspecified atom stereocenters. The summed E-state index contributed by atoms with van der Waals surface area (Å²) in [5.74, 6) is 0.880. The summed E-state index contributed by atoms with van der Waals surface area (Å²) in [7, 11) is 0. The number of hydrogen-bond donors (Lipinski definition) is 1. The molecule has 0 aromatic carbocycles. The maximum Gasteiger partial charge on any atom is 0.224 e. The van der Waals surface area contributed by atoms with Gasteiger partial charge in [-0.25, -0.2) is 9.67 Å². The van der Waals surface area contributed by atoms with Crippen molar-refractivity contribution >= 4 is 17.3 Å². The number of nitrogens with two attached hydrogens (primary N) is 1. The number of hydrogen-bond acceptors (Lipinski definition) is 4. The Balaban J connectivity index is 2.52. The molecule has 0 aliphatic heterocycles. The van der Waals surface area contributed by atoms with Crippen molar-refractivity contribution in [2.75, 3.05) is 5.73 Å². The van der Waals surface area contributed by atoms with Gasteiger partial charge in [0.2, 0.25) is 5.28 Å². The normalized spacial score (nSPS) is 11.1. The average Bonchev–Trinajstić information content (AvgIpc) is 2.72. The first kappa shape index (κ1) is 11.9. The molecule has 0 aliphatic carbocycles. The molecule has 0 spiro atoms. The number of nitrogens with zero attached hydrogens (tertiary/aromatic N) is 4. The molecule has 0 saturated carbocycles. The van der Waals surface area contributed by atoms with Gasteiger partial charge in [-0.1, -0.05) is 13.8 Å². The van der Waals surface area contributed by atoms with Crippen LogP contribution in [0.4, 0.5) is 5.69 Å². The third kappa shape index (κ3) is 2.24. The van der Waals surface area contributed by atoms with E-state index in [0.717, 1.165) is 5.69 Å². The first-order valence-corrected chi connectivity index (χ1v) is 5.72. The van der Waals surface area contributed by atoms with Crippen LogP contribution < -0.4 is 5.73 Å². The van der Waals surface area contributed by atoms with Gasteiger partial charge in [0.1, 0.15) is 0 Å². The molecule has 0 radical (unpaired) electrons. The van der Waals surface area contributed by atoms with Crippen LogP contribution in [-0.4, -0.2) is 19.7 Å². The maximum absolute atomic E-state index is 5.92. The van der Waals surface area contributed by atoms with Gasteiger partial charge in [0, 0.05) is 6.20 Å². The van der Waals surface area contributed by atoms with Crippen LogP contribution in [0.25, 0.3) is 5.82 Å². The van der Waals surface area contributed by atoms with Crippen molar-refractivity contribution in [2.45, 2.75) is 26.7 Å². The number of anilines is 1. The highest BCUT2D eigenvalue weighted by Crippen LogP contribution is 2.20. The van der Waals surface area contributed by atoms with Gasteiger partial charge in [-0.3, -0.25) is 0 Å². The summed E-state index contributed by atoms with van der Waals surface area (Å²) in [4.78, 5) is 8.10. The topological polar surface area (TPSA) is 69.6 Å². The molecule has 0 bridgehead atoms. The largest absolute Gasteiger partial charge is 0.394 e. The molecule has 0 saturated heterocycles. The van der Waals surface area contributed by atoms with Crippen LogP contribution in [0, 0.1) is 6.92 Å². The van der Waals surface area contributed by atoms with Gasteiger partial charge in [0.05, 0.1) is 17.1 Å². The number of aromatic nitrogens is 4. The van der Waals surface area contributed by atoms with Crippen molar-refractivity contribution in [3.8, 4) is 5.82 Å². The quantitative estimate of drug-likeness (QED) is 0.832. The number of halogens is 1. The van der Waals surface area contributed by atoms with Gasteiger partial charge in [-0.2, -0.15) is 10.1 Å². The van der Waals surface area contributed by atoms with E-state index >= 15 is 0 Å². The zero-order valence-electron chi connectivity index (χ0n) is 9.98. The Bertz CT molecular complexity index is 547. The lowest BCUT2D eigenvalue weighted by Gasteiger charge is -2.07. The highest BCUT2D eigenvalue weighted by Gasteiger charge is 2.12. The molecule has 2 aromatic rings. The van der Waals surface area contributed by atoms with E-state index in [9.17, 15) is 0 Å². The molecule has 17 heavy (non-hydrogen) atoms. The molecule has 2 heterocycles. The van der Waals surface area contributed by atoms with Crippen molar-refractivity contribution in [1.82, 2.24) is 19.7 Å². The van der Waals surface area contributed by atoms with E-state index < -0.39 is 0 Å². The fourth-order valence-corrected chi connectivity index (χ4v) is 1.68. The molecule has 2 rings (SSSR count). The predicted molar refractivity (Wildman–Crippen MR) is 67.4 cm³/mol. The van der Waals surface area contributed by atoms with E-state index in [1.54, 1.807) is 11.6 Å². The van der Waals surface area contributed by atoms with Gasteiger partial charge in [-0.15, -0.1) is 0 Å². The Labute approximate surface area is 105 Å². The van der Waals surface area contributed by atoms with E-state index in [-0.39, 0.29) is 5.28 Å². The number of rotatable bonds is 2. The summed E-state index contributed by atoms with van der Waals surface area (Å²) < 4.78 is 1.63. The number of aryl methyl sites for hydroxylation is 1. The summed E-state index contributed by atoms with van der Waals surface area (Å²) >= 11 is 5.82. The number of nitrogen functional groups attached to an aromatic ring is 1.